The van der Waals surface area contributed by atoms with E-state index in [2.05, 4.69) is 4.98 Å². The van der Waals surface area contributed by atoms with Crippen LogP contribution < -0.4 is 26.6 Å². The number of aromatic amines is 1. The van der Waals surface area contributed by atoms with E-state index in [1.165, 1.54) is 11.6 Å². The number of nitrogens with one attached hydrogen (secondary N) is 1. The summed E-state index contributed by atoms with van der Waals surface area (Å²) in [5.74, 6) is 0.165. The molecule has 4 rings (SSSR count). The van der Waals surface area contributed by atoms with Gasteiger partial charge in [-0.2, -0.15) is 0 Å². The summed E-state index contributed by atoms with van der Waals surface area (Å²) in [7, 11) is 1.45. The summed E-state index contributed by atoms with van der Waals surface area (Å²) < 4.78 is 6.87. The average Bonchev–Trinajstić information content (AvgIpc) is 2.76. The van der Waals surface area contributed by atoms with Crippen LogP contribution in [0.25, 0.3) is 6.08 Å². The minimum Gasteiger partial charge on any atom is -0.488 e. The van der Waals surface area contributed by atoms with Crippen molar-refractivity contribution in [2.75, 3.05) is 24.3 Å². The van der Waals surface area contributed by atoms with Crippen molar-refractivity contribution in [3.63, 3.8) is 0 Å². The highest BCUT2D eigenvalue weighted by Crippen LogP contribution is 2.27. The van der Waals surface area contributed by atoms with Gasteiger partial charge in [0.05, 0.1) is 12.1 Å². The second-order valence-corrected chi connectivity index (χ2v) is 6.93. The number of hydrogen-bond acceptors (Lipinski definition) is 5. The number of fused-ring (bicyclic) bond motifs is 1. The van der Waals surface area contributed by atoms with Crippen molar-refractivity contribution in [2.45, 2.75) is 6.54 Å². The first kappa shape index (κ1) is 19.3. The van der Waals surface area contributed by atoms with Gasteiger partial charge in [0, 0.05) is 12.6 Å². The van der Waals surface area contributed by atoms with Crippen LogP contribution >= 0.6 is 0 Å². The number of hydrogen-bond donors (Lipinski definition) is 2. The van der Waals surface area contributed by atoms with E-state index >= 15 is 0 Å². The van der Waals surface area contributed by atoms with Gasteiger partial charge in [-0.3, -0.25) is 19.1 Å². The maximum atomic E-state index is 13.0. The lowest BCUT2D eigenvalue weighted by molar-refractivity contribution is -0.115. The fourth-order valence-electron chi connectivity index (χ4n) is 3.38. The number of nitrogen functional groups attached to an aromatic ring is 1. The van der Waals surface area contributed by atoms with E-state index in [1.807, 2.05) is 54.6 Å². The standard InChI is InChI=1S/C22H20N4O4/c1-25(21(28)16-11-15-9-5-6-10-17(15)30-13-16)18-19(23)26(22(29)24-20(18)27)12-14-7-3-2-4-8-14/h2-11H,12-13,23H2,1H3,(H,24,27,29). The molecule has 2 heterocycles. The van der Waals surface area contributed by atoms with E-state index in [4.69, 9.17) is 10.5 Å². The zero-order valence-electron chi connectivity index (χ0n) is 16.3. The number of carbonyl (C=O) groups excluding carboxylic acids is 1. The number of benzene rings is 2. The number of aromatic nitrogens is 2. The number of rotatable bonds is 4. The highest BCUT2D eigenvalue weighted by molar-refractivity contribution is 6.09. The molecule has 0 bridgehead atoms. The van der Waals surface area contributed by atoms with Crippen molar-refractivity contribution in [3.8, 4) is 5.75 Å². The summed E-state index contributed by atoms with van der Waals surface area (Å²) in [5, 5.41) is 0. The largest absolute Gasteiger partial charge is 0.488 e. The summed E-state index contributed by atoms with van der Waals surface area (Å²) >= 11 is 0. The number of nitrogens with two attached hydrogens (primary N) is 1. The Kier molecular flexibility index (Phi) is 4.97. The van der Waals surface area contributed by atoms with Crippen LogP contribution in [-0.2, 0) is 11.3 Å². The van der Waals surface area contributed by atoms with Gasteiger partial charge in [0.25, 0.3) is 11.5 Å². The summed E-state index contributed by atoms with van der Waals surface area (Å²) in [4.78, 5) is 41.3. The van der Waals surface area contributed by atoms with Crippen LogP contribution in [0.1, 0.15) is 11.1 Å². The molecule has 0 saturated carbocycles. The maximum Gasteiger partial charge on any atom is 0.330 e. The number of carbonyl (C=O) groups is 1. The number of nitrogens with zero attached hydrogens (tertiary/aromatic N) is 2. The molecule has 30 heavy (non-hydrogen) atoms. The normalized spacial score (nSPS) is 12.5. The fourth-order valence-corrected chi connectivity index (χ4v) is 3.38. The fraction of sp³-hybridized carbons (Fsp3) is 0.136. The lowest BCUT2D eigenvalue weighted by Gasteiger charge is -2.23. The molecule has 0 spiro atoms. The van der Waals surface area contributed by atoms with Crippen LogP contribution in [0.2, 0.25) is 0 Å². The van der Waals surface area contributed by atoms with Crippen molar-refractivity contribution in [1.82, 2.24) is 9.55 Å². The molecular weight excluding hydrogens is 384 g/mol. The quantitative estimate of drug-likeness (QED) is 0.686. The van der Waals surface area contributed by atoms with Crippen LogP contribution in [-0.4, -0.2) is 29.1 Å². The summed E-state index contributed by atoms with van der Waals surface area (Å²) in [6, 6.07) is 16.6. The lowest BCUT2D eigenvalue weighted by atomic mass is 10.1. The molecule has 0 radical (unpaired) electrons. The molecule has 0 unspecified atom stereocenters. The molecule has 0 saturated heterocycles. The monoisotopic (exact) mass is 404 g/mol. The Morgan fingerprint density at radius 1 is 1.13 bits per heavy atom. The first-order valence-electron chi connectivity index (χ1n) is 9.32. The minimum absolute atomic E-state index is 0.0711. The van der Waals surface area contributed by atoms with Crippen LogP contribution in [0.3, 0.4) is 0 Å². The number of likely N-dealkylation sites (N-methyl/N-ethyl adjacent to an activating group) is 1. The summed E-state index contributed by atoms with van der Waals surface area (Å²) in [6.07, 6.45) is 1.72. The van der Waals surface area contributed by atoms with Gasteiger partial charge in [0.15, 0.2) is 5.69 Å². The molecule has 0 fully saturated rings. The van der Waals surface area contributed by atoms with Gasteiger partial charge >= 0.3 is 5.69 Å². The molecule has 3 aromatic rings. The molecular formula is C22H20N4O4. The lowest BCUT2D eigenvalue weighted by Crippen LogP contribution is -2.40. The minimum atomic E-state index is -0.726. The average molecular weight is 404 g/mol. The number of anilines is 2. The highest BCUT2D eigenvalue weighted by Gasteiger charge is 2.25. The van der Waals surface area contributed by atoms with Crippen LogP contribution in [0.5, 0.6) is 5.75 Å². The zero-order valence-corrected chi connectivity index (χ0v) is 16.3. The second kappa shape index (κ2) is 7.75. The predicted molar refractivity (Wildman–Crippen MR) is 115 cm³/mol. The zero-order chi connectivity index (χ0) is 21.3. The van der Waals surface area contributed by atoms with Gasteiger partial charge in [-0.1, -0.05) is 48.5 Å². The number of H-pyrrole nitrogens is 1. The molecule has 8 nitrogen and oxygen atoms in total. The first-order chi connectivity index (χ1) is 14.5. The summed E-state index contributed by atoms with van der Waals surface area (Å²) in [5.41, 5.74) is 6.70. The van der Waals surface area contributed by atoms with E-state index in [-0.39, 0.29) is 24.7 Å². The van der Waals surface area contributed by atoms with Gasteiger partial charge in [0.1, 0.15) is 18.2 Å². The third kappa shape index (κ3) is 3.50. The number of ether oxygens (including phenoxy) is 1. The second-order valence-electron chi connectivity index (χ2n) is 6.93. The van der Waals surface area contributed by atoms with Crippen LogP contribution in [0, 0.1) is 0 Å². The van der Waals surface area contributed by atoms with E-state index in [1.54, 1.807) is 6.08 Å². The smallest absolute Gasteiger partial charge is 0.330 e. The Bertz CT molecular complexity index is 1260. The molecule has 1 aromatic heterocycles. The van der Waals surface area contributed by atoms with E-state index in [0.717, 1.165) is 16.0 Å². The third-order valence-corrected chi connectivity index (χ3v) is 4.94. The molecule has 1 aliphatic heterocycles. The molecule has 8 heteroatoms. The highest BCUT2D eigenvalue weighted by atomic mass is 16.5. The van der Waals surface area contributed by atoms with E-state index < -0.39 is 17.2 Å². The van der Waals surface area contributed by atoms with Crippen molar-refractivity contribution in [2.24, 2.45) is 0 Å². The van der Waals surface area contributed by atoms with E-state index in [0.29, 0.717) is 11.3 Å². The van der Waals surface area contributed by atoms with Gasteiger partial charge in [0.2, 0.25) is 0 Å². The van der Waals surface area contributed by atoms with Crippen LogP contribution in [0.15, 0.2) is 69.8 Å². The Hall–Kier alpha value is -4.07. The molecule has 2 aromatic carbocycles. The van der Waals surface area contributed by atoms with Crippen molar-refractivity contribution in [3.05, 3.63) is 92.1 Å². The molecule has 3 N–H and O–H groups in total. The predicted octanol–water partition coefficient (Wildman–Crippen LogP) is 1.61. The molecule has 1 aliphatic rings. The van der Waals surface area contributed by atoms with E-state index in [9.17, 15) is 14.4 Å². The van der Waals surface area contributed by atoms with Gasteiger partial charge < -0.3 is 15.4 Å². The Morgan fingerprint density at radius 2 is 1.83 bits per heavy atom. The maximum absolute atomic E-state index is 13.0. The topological polar surface area (TPSA) is 110 Å². The molecule has 1 amide bonds. The number of para-hydroxylation sites is 1. The third-order valence-electron chi connectivity index (χ3n) is 4.94. The SMILES string of the molecule is CN(C(=O)C1=Cc2ccccc2OC1)c1c(N)n(Cc2ccccc2)c(=O)[nH]c1=O. The van der Waals surface area contributed by atoms with Crippen molar-refractivity contribution < 1.29 is 9.53 Å². The Balaban J connectivity index is 1.71. The first-order valence-corrected chi connectivity index (χ1v) is 9.32. The van der Waals surface area contributed by atoms with Gasteiger partial charge in [-0.05, 0) is 17.7 Å². The molecule has 152 valence electrons. The van der Waals surface area contributed by atoms with Gasteiger partial charge in [-0.15, -0.1) is 0 Å². The van der Waals surface area contributed by atoms with Gasteiger partial charge in [-0.25, -0.2) is 4.79 Å². The molecule has 0 atom stereocenters. The van der Waals surface area contributed by atoms with Crippen molar-refractivity contribution >= 4 is 23.5 Å². The summed E-state index contributed by atoms with van der Waals surface area (Å²) in [6.45, 7) is 0.234. The number of amides is 1. The Labute approximate surface area is 171 Å². The van der Waals surface area contributed by atoms with Crippen molar-refractivity contribution in [1.29, 1.82) is 0 Å². The Morgan fingerprint density at radius 3 is 2.60 bits per heavy atom. The van der Waals surface area contributed by atoms with Crippen LogP contribution in [0.4, 0.5) is 11.5 Å². The molecule has 0 aliphatic carbocycles.